The zero-order valence-electron chi connectivity index (χ0n) is 17.9. The summed E-state index contributed by atoms with van der Waals surface area (Å²) in [7, 11) is 3.29. The van der Waals surface area contributed by atoms with Gasteiger partial charge < -0.3 is 25.2 Å². The Kier molecular flexibility index (Phi) is 6.84. The van der Waals surface area contributed by atoms with E-state index in [9.17, 15) is 4.79 Å². The van der Waals surface area contributed by atoms with Gasteiger partial charge in [0.25, 0.3) is 5.56 Å². The molecule has 7 heteroatoms. The van der Waals surface area contributed by atoms with Crippen molar-refractivity contribution in [3.05, 3.63) is 51.4 Å². The minimum Gasteiger partial charge on any atom is -0.481 e. The molecule has 7 nitrogen and oxygen atoms in total. The van der Waals surface area contributed by atoms with Crippen molar-refractivity contribution < 1.29 is 9.47 Å². The average Bonchev–Trinajstić information content (AvgIpc) is 2.72. The quantitative estimate of drug-likeness (QED) is 0.366. The van der Waals surface area contributed by atoms with Crippen LogP contribution in [0.5, 0.6) is 5.88 Å². The highest BCUT2D eigenvalue weighted by atomic mass is 16.5. The minimum absolute atomic E-state index is 0.292. The number of methoxy groups -OCH3 is 2. The van der Waals surface area contributed by atoms with Crippen molar-refractivity contribution in [1.82, 2.24) is 9.97 Å². The summed E-state index contributed by atoms with van der Waals surface area (Å²) in [5.74, 6) is 0.557. The van der Waals surface area contributed by atoms with Gasteiger partial charge in [-0.2, -0.15) is 0 Å². The molecule has 3 N–H and O–H groups in total. The van der Waals surface area contributed by atoms with Crippen LogP contribution in [0.15, 0.2) is 29.1 Å². The molecule has 2 aromatic heterocycles. The van der Waals surface area contributed by atoms with Gasteiger partial charge in [0, 0.05) is 43.1 Å². The van der Waals surface area contributed by atoms with E-state index < -0.39 is 0 Å². The standard InChI is InChI=1S/C23H28N4O3/c1-14-11-15(2)26-23(30-4)20(14)16-7-8-17-19(12-16)27-22(28)18(13-24)21(17)25-9-5-6-10-29-3/h7-8,11-13,24H,5-6,9-10H2,1-4H3,(H2,25,27,28). The van der Waals surface area contributed by atoms with E-state index in [0.29, 0.717) is 35.8 Å². The Morgan fingerprint density at radius 2 is 2.00 bits per heavy atom. The summed E-state index contributed by atoms with van der Waals surface area (Å²) in [6, 6.07) is 7.90. The number of pyridine rings is 2. The average molecular weight is 409 g/mol. The Morgan fingerprint density at radius 3 is 2.70 bits per heavy atom. The largest absolute Gasteiger partial charge is 0.481 e. The summed E-state index contributed by atoms with van der Waals surface area (Å²) in [4.78, 5) is 20.0. The lowest BCUT2D eigenvalue weighted by Crippen LogP contribution is -2.17. The van der Waals surface area contributed by atoms with E-state index in [-0.39, 0.29) is 5.56 Å². The molecule has 30 heavy (non-hydrogen) atoms. The molecule has 0 unspecified atom stereocenters. The number of H-pyrrole nitrogens is 1. The van der Waals surface area contributed by atoms with Crippen molar-refractivity contribution in [1.29, 1.82) is 5.41 Å². The highest BCUT2D eigenvalue weighted by Crippen LogP contribution is 2.35. The Balaban J connectivity index is 2.08. The molecule has 0 aliphatic rings. The summed E-state index contributed by atoms with van der Waals surface area (Å²) in [6.45, 7) is 5.34. The van der Waals surface area contributed by atoms with Crippen LogP contribution in [0.3, 0.4) is 0 Å². The first-order valence-corrected chi connectivity index (χ1v) is 9.96. The lowest BCUT2D eigenvalue weighted by molar-refractivity contribution is 0.194. The number of nitrogens with zero attached hydrogens (tertiary/aromatic N) is 1. The zero-order valence-corrected chi connectivity index (χ0v) is 17.9. The van der Waals surface area contributed by atoms with Crippen LogP contribution in [0.2, 0.25) is 0 Å². The van der Waals surface area contributed by atoms with Gasteiger partial charge in [-0.25, -0.2) is 4.98 Å². The number of nitrogens with one attached hydrogen (secondary N) is 3. The smallest absolute Gasteiger partial charge is 0.259 e. The number of unbranched alkanes of at least 4 members (excludes halogenated alkanes) is 1. The summed E-state index contributed by atoms with van der Waals surface area (Å²) in [5.41, 5.74) is 5.16. The molecule has 0 spiro atoms. The fourth-order valence-corrected chi connectivity index (χ4v) is 3.68. The fourth-order valence-electron chi connectivity index (χ4n) is 3.68. The lowest BCUT2D eigenvalue weighted by atomic mass is 9.99. The molecule has 0 fully saturated rings. The third kappa shape index (κ3) is 4.36. The molecule has 3 rings (SSSR count). The molecule has 0 saturated carbocycles. The number of aromatic nitrogens is 2. The van der Waals surface area contributed by atoms with Crippen molar-refractivity contribution in [2.45, 2.75) is 26.7 Å². The van der Waals surface area contributed by atoms with Gasteiger partial charge in [0.2, 0.25) is 5.88 Å². The van der Waals surface area contributed by atoms with Gasteiger partial charge in [0.05, 0.1) is 23.9 Å². The predicted molar refractivity (Wildman–Crippen MR) is 121 cm³/mol. The van der Waals surface area contributed by atoms with E-state index in [1.807, 2.05) is 38.1 Å². The minimum atomic E-state index is -0.292. The summed E-state index contributed by atoms with van der Waals surface area (Å²) in [5, 5.41) is 11.9. The zero-order chi connectivity index (χ0) is 21.7. The van der Waals surface area contributed by atoms with Crippen LogP contribution in [0.4, 0.5) is 5.69 Å². The van der Waals surface area contributed by atoms with E-state index in [1.54, 1.807) is 14.2 Å². The number of hydrogen-bond acceptors (Lipinski definition) is 6. The van der Waals surface area contributed by atoms with Crippen LogP contribution in [0, 0.1) is 19.3 Å². The van der Waals surface area contributed by atoms with Gasteiger partial charge in [-0.15, -0.1) is 0 Å². The number of aromatic amines is 1. The van der Waals surface area contributed by atoms with Crippen LogP contribution in [-0.2, 0) is 4.74 Å². The number of rotatable bonds is 9. The maximum Gasteiger partial charge on any atom is 0.259 e. The maximum atomic E-state index is 12.6. The third-order valence-corrected chi connectivity index (χ3v) is 5.07. The normalized spacial score (nSPS) is 10.9. The molecule has 158 valence electrons. The molecule has 3 aromatic rings. The maximum absolute atomic E-state index is 12.6. The molecule has 0 saturated heterocycles. The second kappa shape index (κ2) is 9.54. The van der Waals surface area contributed by atoms with Crippen LogP contribution in [-0.4, -0.2) is 43.6 Å². The Morgan fingerprint density at radius 1 is 1.20 bits per heavy atom. The number of ether oxygens (including phenoxy) is 2. The van der Waals surface area contributed by atoms with Crippen molar-refractivity contribution in [2.75, 3.05) is 32.7 Å². The van der Waals surface area contributed by atoms with Crippen LogP contribution in [0.25, 0.3) is 22.0 Å². The summed E-state index contributed by atoms with van der Waals surface area (Å²) < 4.78 is 10.6. The van der Waals surface area contributed by atoms with Crippen LogP contribution < -0.4 is 15.6 Å². The van der Waals surface area contributed by atoms with E-state index in [2.05, 4.69) is 15.3 Å². The van der Waals surface area contributed by atoms with Crippen molar-refractivity contribution in [3.8, 4) is 17.0 Å². The van der Waals surface area contributed by atoms with Crippen molar-refractivity contribution in [2.24, 2.45) is 0 Å². The number of benzene rings is 1. The Bertz CT molecular complexity index is 1120. The number of aryl methyl sites for hydroxylation is 2. The Labute approximate surface area is 176 Å². The topological polar surface area (TPSA) is 100 Å². The Hall–Kier alpha value is -3.19. The molecule has 0 radical (unpaired) electrons. The molecular formula is C23H28N4O3. The molecule has 0 aliphatic carbocycles. The van der Waals surface area contributed by atoms with Gasteiger partial charge in [-0.1, -0.05) is 12.1 Å². The van der Waals surface area contributed by atoms with E-state index >= 15 is 0 Å². The number of hydrogen-bond donors (Lipinski definition) is 3. The van der Waals surface area contributed by atoms with Gasteiger partial charge in [0.15, 0.2) is 0 Å². The predicted octanol–water partition coefficient (Wildman–Crippen LogP) is 4.05. The first-order chi connectivity index (χ1) is 14.5. The van der Waals surface area contributed by atoms with E-state index in [0.717, 1.165) is 46.8 Å². The molecule has 0 amide bonds. The summed E-state index contributed by atoms with van der Waals surface area (Å²) in [6.07, 6.45) is 2.93. The molecule has 2 heterocycles. The third-order valence-electron chi connectivity index (χ3n) is 5.07. The first kappa shape index (κ1) is 21.5. The SMILES string of the molecule is COCCCCNc1c(C=N)c(=O)[nH]c2cc(-c3c(C)cc(C)nc3OC)ccc12. The van der Waals surface area contributed by atoms with Crippen molar-refractivity contribution >= 4 is 22.8 Å². The fraction of sp³-hybridized carbons (Fsp3) is 0.348. The number of anilines is 1. The highest BCUT2D eigenvalue weighted by Gasteiger charge is 2.15. The molecule has 1 aromatic carbocycles. The first-order valence-electron chi connectivity index (χ1n) is 9.96. The molecular weight excluding hydrogens is 380 g/mol. The monoisotopic (exact) mass is 408 g/mol. The second-order valence-electron chi connectivity index (χ2n) is 7.24. The van der Waals surface area contributed by atoms with Gasteiger partial charge in [0.1, 0.15) is 0 Å². The molecule has 0 bridgehead atoms. The van der Waals surface area contributed by atoms with Gasteiger partial charge in [-0.05, 0) is 49.9 Å². The van der Waals surface area contributed by atoms with E-state index in [1.165, 1.54) is 0 Å². The number of fused-ring (bicyclic) bond motifs is 1. The van der Waals surface area contributed by atoms with E-state index in [4.69, 9.17) is 14.9 Å². The molecule has 0 aliphatic heterocycles. The lowest BCUT2D eigenvalue weighted by Gasteiger charge is -2.15. The van der Waals surface area contributed by atoms with Crippen LogP contribution >= 0.6 is 0 Å². The highest BCUT2D eigenvalue weighted by molar-refractivity contribution is 6.01. The summed E-state index contributed by atoms with van der Waals surface area (Å²) >= 11 is 0. The van der Waals surface area contributed by atoms with Gasteiger partial charge >= 0.3 is 0 Å². The van der Waals surface area contributed by atoms with Crippen LogP contribution in [0.1, 0.15) is 29.7 Å². The van der Waals surface area contributed by atoms with Crippen molar-refractivity contribution in [3.63, 3.8) is 0 Å². The second-order valence-corrected chi connectivity index (χ2v) is 7.24. The molecule has 0 atom stereocenters. The van der Waals surface area contributed by atoms with Gasteiger partial charge in [-0.3, -0.25) is 4.79 Å².